The van der Waals surface area contributed by atoms with Crippen LogP contribution < -0.4 is 15.8 Å². The number of hydrogen-bond donors (Lipinski definition) is 2. The topological polar surface area (TPSA) is 67.6 Å². The van der Waals surface area contributed by atoms with Crippen molar-refractivity contribution in [2.45, 2.75) is 32.1 Å². The van der Waals surface area contributed by atoms with Crippen LogP contribution in [-0.4, -0.2) is 37.6 Å². The fraction of sp³-hybridized carbons (Fsp3) is 0.562. The number of methoxy groups -OCH3 is 1. The number of rotatable bonds is 6. The molecule has 116 valence electrons. The summed E-state index contributed by atoms with van der Waals surface area (Å²) in [4.78, 5) is 14.4. The second-order valence-corrected chi connectivity index (χ2v) is 5.51. The lowest BCUT2D eigenvalue weighted by molar-refractivity contribution is -0.116. The third kappa shape index (κ3) is 4.93. The third-order valence-electron chi connectivity index (χ3n) is 3.83. The quantitative estimate of drug-likeness (QED) is 0.790. The van der Waals surface area contributed by atoms with Gasteiger partial charge in [0.1, 0.15) is 5.75 Å². The van der Waals surface area contributed by atoms with Crippen LogP contribution in [0.5, 0.6) is 5.75 Å². The van der Waals surface area contributed by atoms with Gasteiger partial charge in [-0.1, -0.05) is 6.42 Å². The first-order chi connectivity index (χ1) is 10.2. The van der Waals surface area contributed by atoms with Crippen molar-refractivity contribution in [2.75, 3.05) is 37.8 Å². The van der Waals surface area contributed by atoms with Gasteiger partial charge in [0.15, 0.2) is 0 Å². The van der Waals surface area contributed by atoms with Crippen LogP contribution in [0, 0.1) is 0 Å². The molecule has 0 spiro atoms. The van der Waals surface area contributed by atoms with Crippen molar-refractivity contribution < 1.29 is 9.53 Å². The number of amides is 1. The van der Waals surface area contributed by atoms with E-state index in [0.29, 0.717) is 23.5 Å². The lowest BCUT2D eigenvalue weighted by atomic mass is 10.1. The Hall–Kier alpha value is -1.75. The molecule has 5 heteroatoms. The van der Waals surface area contributed by atoms with Crippen molar-refractivity contribution >= 4 is 17.3 Å². The third-order valence-corrected chi connectivity index (χ3v) is 3.83. The number of nitrogens with zero attached hydrogens (tertiary/aromatic N) is 1. The van der Waals surface area contributed by atoms with Gasteiger partial charge in [-0.05, 0) is 51.0 Å². The Balaban J connectivity index is 1.76. The minimum absolute atomic E-state index is 0.0232. The number of carbonyl (C=O) groups excluding carboxylic acids is 1. The van der Waals surface area contributed by atoms with Gasteiger partial charge in [-0.15, -0.1) is 0 Å². The Bertz CT molecular complexity index is 471. The van der Waals surface area contributed by atoms with Crippen LogP contribution in [0.3, 0.4) is 0 Å². The number of hydrogen-bond acceptors (Lipinski definition) is 4. The van der Waals surface area contributed by atoms with Gasteiger partial charge in [-0.2, -0.15) is 0 Å². The molecule has 0 unspecified atom stereocenters. The molecule has 0 radical (unpaired) electrons. The molecule has 0 bridgehead atoms. The highest BCUT2D eigenvalue weighted by Crippen LogP contribution is 2.26. The van der Waals surface area contributed by atoms with Crippen LogP contribution in [0.2, 0.25) is 0 Å². The Morgan fingerprint density at radius 1 is 1.33 bits per heavy atom. The molecule has 0 atom stereocenters. The molecule has 1 aliphatic heterocycles. The lowest BCUT2D eigenvalue weighted by Crippen LogP contribution is -2.31. The molecule has 2 rings (SSSR count). The molecule has 1 aromatic rings. The Kier molecular flexibility index (Phi) is 5.87. The summed E-state index contributed by atoms with van der Waals surface area (Å²) in [7, 11) is 1.57. The van der Waals surface area contributed by atoms with Crippen molar-refractivity contribution in [3.05, 3.63) is 18.2 Å². The molecule has 0 saturated carbocycles. The fourth-order valence-electron chi connectivity index (χ4n) is 2.67. The molecule has 3 N–H and O–H groups in total. The van der Waals surface area contributed by atoms with E-state index in [1.807, 2.05) is 0 Å². The van der Waals surface area contributed by atoms with Crippen molar-refractivity contribution in [1.29, 1.82) is 0 Å². The molecule has 0 aliphatic carbocycles. The fourth-order valence-corrected chi connectivity index (χ4v) is 2.67. The molecule has 5 nitrogen and oxygen atoms in total. The van der Waals surface area contributed by atoms with E-state index in [-0.39, 0.29) is 5.91 Å². The number of nitrogens with one attached hydrogen (secondary N) is 1. The van der Waals surface area contributed by atoms with E-state index >= 15 is 0 Å². The molecule has 1 heterocycles. The molecule has 1 saturated heterocycles. The number of nitrogen functional groups attached to an aromatic ring is 1. The van der Waals surface area contributed by atoms with E-state index in [1.54, 1.807) is 25.3 Å². The van der Waals surface area contributed by atoms with E-state index in [1.165, 1.54) is 32.4 Å². The number of carbonyl (C=O) groups is 1. The van der Waals surface area contributed by atoms with Gasteiger partial charge < -0.3 is 20.7 Å². The van der Waals surface area contributed by atoms with E-state index in [4.69, 9.17) is 10.5 Å². The molecule has 1 aromatic carbocycles. The van der Waals surface area contributed by atoms with Crippen LogP contribution in [0.1, 0.15) is 32.1 Å². The lowest BCUT2D eigenvalue weighted by Gasteiger charge is -2.26. The molecule has 1 fully saturated rings. The SMILES string of the molecule is COc1cc(N)ccc1NC(=O)CCCN1CCCCC1. The average molecular weight is 291 g/mol. The van der Waals surface area contributed by atoms with E-state index in [9.17, 15) is 4.79 Å². The van der Waals surface area contributed by atoms with Gasteiger partial charge in [-0.25, -0.2) is 0 Å². The second-order valence-electron chi connectivity index (χ2n) is 5.51. The number of likely N-dealkylation sites (tertiary alicyclic amines) is 1. The summed E-state index contributed by atoms with van der Waals surface area (Å²) in [6, 6.07) is 5.24. The highest BCUT2D eigenvalue weighted by Gasteiger charge is 2.11. The molecule has 21 heavy (non-hydrogen) atoms. The second kappa shape index (κ2) is 7.88. The number of anilines is 2. The van der Waals surface area contributed by atoms with Gasteiger partial charge in [0, 0.05) is 18.2 Å². The van der Waals surface area contributed by atoms with Crippen LogP contribution in [-0.2, 0) is 4.79 Å². The smallest absolute Gasteiger partial charge is 0.224 e. The Morgan fingerprint density at radius 2 is 2.10 bits per heavy atom. The Labute approximate surface area is 126 Å². The minimum Gasteiger partial charge on any atom is -0.494 e. The van der Waals surface area contributed by atoms with Crippen molar-refractivity contribution in [3.63, 3.8) is 0 Å². The highest BCUT2D eigenvalue weighted by atomic mass is 16.5. The van der Waals surface area contributed by atoms with Gasteiger partial charge in [0.2, 0.25) is 5.91 Å². The van der Waals surface area contributed by atoms with E-state index < -0.39 is 0 Å². The summed E-state index contributed by atoms with van der Waals surface area (Å²) in [5, 5.41) is 2.89. The number of ether oxygens (including phenoxy) is 1. The molecule has 1 aliphatic rings. The zero-order chi connectivity index (χ0) is 15.1. The molecular formula is C16H25N3O2. The van der Waals surface area contributed by atoms with Crippen molar-refractivity contribution in [1.82, 2.24) is 4.90 Å². The normalized spacial score (nSPS) is 15.7. The van der Waals surface area contributed by atoms with Crippen LogP contribution in [0.15, 0.2) is 18.2 Å². The monoisotopic (exact) mass is 291 g/mol. The first kappa shape index (κ1) is 15.6. The highest BCUT2D eigenvalue weighted by molar-refractivity contribution is 5.92. The first-order valence-corrected chi connectivity index (χ1v) is 7.65. The standard InChI is InChI=1S/C16H25N3O2/c1-21-15-12-13(17)7-8-14(15)18-16(20)6-5-11-19-9-3-2-4-10-19/h7-8,12H,2-6,9-11,17H2,1H3,(H,18,20). The maximum absolute atomic E-state index is 12.0. The number of piperidine rings is 1. The van der Waals surface area contributed by atoms with Gasteiger partial charge in [-0.3, -0.25) is 4.79 Å². The van der Waals surface area contributed by atoms with E-state index in [0.717, 1.165) is 13.0 Å². The van der Waals surface area contributed by atoms with Crippen molar-refractivity contribution in [3.8, 4) is 5.75 Å². The van der Waals surface area contributed by atoms with E-state index in [2.05, 4.69) is 10.2 Å². The van der Waals surface area contributed by atoms with Gasteiger partial charge >= 0.3 is 0 Å². The average Bonchev–Trinajstić information content (AvgIpc) is 2.50. The summed E-state index contributed by atoms with van der Waals surface area (Å²) in [6.07, 6.45) is 5.34. The van der Waals surface area contributed by atoms with Crippen LogP contribution >= 0.6 is 0 Å². The summed E-state index contributed by atoms with van der Waals surface area (Å²) < 4.78 is 5.22. The molecule has 1 amide bonds. The van der Waals surface area contributed by atoms with Crippen molar-refractivity contribution in [2.24, 2.45) is 0 Å². The zero-order valence-corrected chi connectivity index (χ0v) is 12.7. The maximum Gasteiger partial charge on any atom is 0.224 e. The van der Waals surface area contributed by atoms with Gasteiger partial charge in [0.25, 0.3) is 0 Å². The summed E-state index contributed by atoms with van der Waals surface area (Å²) in [5.41, 5.74) is 6.99. The number of benzene rings is 1. The summed E-state index contributed by atoms with van der Waals surface area (Å²) in [6.45, 7) is 3.35. The summed E-state index contributed by atoms with van der Waals surface area (Å²) >= 11 is 0. The predicted molar refractivity (Wildman–Crippen MR) is 85.6 cm³/mol. The predicted octanol–water partition coefficient (Wildman–Crippen LogP) is 2.48. The number of nitrogens with two attached hydrogens (primary N) is 1. The molecule has 0 aromatic heterocycles. The minimum atomic E-state index is 0.0232. The Morgan fingerprint density at radius 3 is 2.81 bits per heavy atom. The largest absolute Gasteiger partial charge is 0.494 e. The zero-order valence-electron chi connectivity index (χ0n) is 12.7. The first-order valence-electron chi connectivity index (χ1n) is 7.65. The van der Waals surface area contributed by atoms with Gasteiger partial charge in [0.05, 0.1) is 12.8 Å². The van der Waals surface area contributed by atoms with Crippen LogP contribution in [0.25, 0.3) is 0 Å². The molecular weight excluding hydrogens is 266 g/mol. The van der Waals surface area contributed by atoms with Crippen LogP contribution in [0.4, 0.5) is 11.4 Å². The maximum atomic E-state index is 12.0. The summed E-state index contributed by atoms with van der Waals surface area (Å²) in [5.74, 6) is 0.620.